The van der Waals surface area contributed by atoms with Gasteiger partial charge in [0.1, 0.15) is 5.75 Å². The fourth-order valence-corrected chi connectivity index (χ4v) is 2.02. The van der Waals surface area contributed by atoms with Crippen LogP contribution in [0.3, 0.4) is 0 Å². The maximum absolute atomic E-state index is 10.2. The average molecular weight is 285 g/mol. The van der Waals surface area contributed by atoms with E-state index >= 15 is 0 Å². The number of hydrazine groups is 1. The van der Waals surface area contributed by atoms with Gasteiger partial charge in [-0.05, 0) is 24.6 Å². The van der Waals surface area contributed by atoms with Gasteiger partial charge < -0.3 is 16.3 Å². The van der Waals surface area contributed by atoms with Crippen LogP contribution in [0.4, 0.5) is 0 Å². The maximum atomic E-state index is 10.2. The number of nitrogens with two attached hydrogens (primary N) is 2. The number of phenols is 1. The Hall–Kier alpha value is -2.60. The van der Waals surface area contributed by atoms with Crippen LogP contribution in [-0.4, -0.2) is 17.0 Å². The lowest BCUT2D eigenvalue weighted by molar-refractivity contribution is 0.474. The SMILES string of the molecule is CCC1=CC(c2ccc(/C(N)=C/NN)cc2O)=NN=CC1. The molecule has 1 aliphatic heterocycles. The zero-order chi connectivity index (χ0) is 15.2. The molecule has 0 aromatic heterocycles. The number of aromatic hydroxyl groups is 1. The van der Waals surface area contributed by atoms with E-state index in [1.807, 2.05) is 6.08 Å². The summed E-state index contributed by atoms with van der Waals surface area (Å²) in [6, 6.07) is 5.15. The molecule has 0 unspecified atom stereocenters. The van der Waals surface area contributed by atoms with E-state index in [9.17, 15) is 5.11 Å². The monoisotopic (exact) mass is 285 g/mol. The van der Waals surface area contributed by atoms with Crippen molar-refractivity contribution in [2.75, 3.05) is 0 Å². The van der Waals surface area contributed by atoms with Gasteiger partial charge in [-0.15, -0.1) is 0 Å². The van der Waals surface area contributed by atoms with Crippen LogP contribution in [0.15, 0.2) is 46.3 Å². The highest BCUT2D eigenvalue weighted by molar-refractivity contribution is 6.11. The van der Waals surface area contributed by atoms with E-state index < -0.39 is 0 Å². The minimum absolute atomic E-state index is 0.100. The molecule has 0 spiro atoms. The zero-order valence-electron chi connectivity index (χ0n) is 11.9. The third-order valence-corrected chi connectivity index (χ3v) is 3.24. The normalized spacial score (nSPS) is 15.2. The first-order valence-corrected chi connectivity index (χ1v) is 6.70. The highest BCUT2D eigenvalue weighted by Crippen LogP contribution is 2.24. The Balaban J connectivity index is 2.39. The number of phenolic OH excluding ortho intramolecular Hbond substituents is 1. The van der Waals surface area contributed by atoms with Crippen molar-refractivity contribution in [3.63, 3.8) is 0 Å². The van der Waals surface area contributed by atoms with Gasteiger partial charge in [-0.1, -0.05) is 18.6 Å². The Morgan fingerprint density at radius 2 is 2.29 bits per heavy atom. The van der Waals surface area contributed by atoms with E-state index in [1.165, 1.54) is 11.8 Å². The average Bonchev–Trinajstić information content (AvgIpc) is 2.72. The molecule has 0 amide bonds. The number of allylic oxidation sites excluding steroid dienone is 2. The second-order valence-electron chi connectivity index (χ2n) is 4.64. The lowest BCUT2D eigenvalue weighted by Crippen LogP contribution is -2.16. The van der Waals surface area contributed by atoms with Crippen molar-refractivity contribution in [1.82, 2.24) is 5.43 Å². The van der Waals surface area contributed by atoms with Gasteiger partial charge >= 0.3 is 0 Å². The molecule has 6 nitrogen and oxygen atoms in total. The van der Waals surface area contributed by atoms with Crippen LogP contribution in [0.5, 0.6) is 5.75 Å². The van der Waals surface area contributed by atoms with Gasteiger partial charge in [-0.25, -0.2) is 0 Å². The summed E-state index contributed by atoms with van der Waals surface area (Å²) < 4.78 is 0. The number of nitrogens with one attached hydrogen (secondary N) is 1. The summed E-state index contributed by atoms with van der Waals surface area (Å²) in [5, 5.41) is 18.3. The predicted molar refractivity (Wildman–Crippen MR) is 85.6 cm³/mol. The van der Waals surface area contributed by atoms with Crippen molar-refractivity contribution in [3.05, 3.63) is 47.2 Å². The Labute approximate surface area is 123 Å². The van der Waals surface area contributed by atoms with Crippen molar-refractivity contribution in [2.45, 2.75) is 19.8 Å². The van der Waals surface area contributed by atoms with Crippen molar-refractivity contribution >= 4 is 17.6 Å². The predicted octanol–water partition coefficient (Wildman–Crippen LogP) is 1.63. The van der Waals surface area contributed by atoms with E-state index in [2.05, 4.69) is 22.6 Å². The molecule has 1 aromatic rings. The molecule has 0 fully saturated rings. The maximum Gasteiger partial charge on any atom is 0.125 e. The quantitative estimate of drug-likeness (QED) is 0.498. The summed E-state index contributed by atoms with van der Waals surface area (Å²) in [4.78, 5) is 0. The molecule has 0 atom stereocenters. The Morgan fingerprint density at radius 1 is 1.48 bits per heavy atom. The van der Waals surface area contributed by atoms with Gasteiger partial charge in [0.05, 0.1) is 11.4 Å². The number of hydrogen-bond acceptors (Lipinski definition) is 6. The van der Waals surface area contributed by atoms with Crippen LogP contribution < -0.4 is 17.0 Å². The molecule has 2 rings (SSSR count). The smallest absolute Gasteiger partial charge is 0.125 e. The van der Waals surface area contributed by atoms with E-state index in [0.717, 1.165) is 12.8 Å². The van der Waals surface area contributed by atoms with Crippen LogP contribution >= 0.6 is 0 Å². The molecule has 6 heteroatoms. The molecule has 110 valence electrons. The second kappa shape index (κ2) is 6.71. The second-order valence-corrected chi connectivity index (χ2v) is 4.64. The van der Waals surface area contributed by atoms with E-state index in [0.29, 0.717) is 22.5 Å². The lowest BCUT2D eigenvalue weighted by Gasteiger charge is -2.08. The van der Waals surface area contributed by atoms with Gasteiger partial charge in [0.25, 0.3) is 0 Å². The van der Waals surface area contributed by atoms with Gasteiger partial charge in [-0.2, -0.15) is 10.2 Å². The fourth-order valence-electron chi connectivity index (χ4n) is 2.02. The van der Waals surface area contributed by atoms with Crippen LogP contribution in [0.1, 0.15) is 30.9 Å². The fraction of sp³-hybridized carbons (Fsp3) is 0.200. The van der Waals surface area contributed by atoms with Crippen LogP contribution in [0.2, 0.25) is 0 Å². The van der Waals surface area contributed by atoms with Gasteiger partial charge in [0, 0.05) is 30.0 Å². The Bertz CT molecular complexity index is 643. The minimum Gasteiger partial charge on any atom is -0.507 e. The van der Waals surface area contributed by atoms with Gasteiger partial charge in [-0.3, -0.25) is 5.84 Å². The summed E-state index contributed by atoms with van der Waals surface area (Å²) in [6.07, 6.45) is 6.88. The highest BCUT2D eigenvalue weighted by Gasteiger charge is 2.11. The third kappa shape index (κ3) is 3.49. The van der Waals surface area contributed by atoms with Crippen molar-refractivity contribution in [1.29, 1.82) is 0 Å². The van der Waals surface area contributed by atoms with Crippen LogP contribution in [-0.2, 0) is 0 Å². The minimum atomic E-state index is 0.100. The molecule has 0 bridgehead atoms. The van der Waals surface area contributed by atoms with Crippen LogP contribution in [0.25, 0.3) is 5.70 Å². The van der Waals surface area contributed by atoms with Crippen molar-refractivity contribution in [2.24, 2.45) is 21.8 Å². The molecule has 1 aromatic carbocycles. The molecule has 0 saturated carbocycles. The summed E-state index contributed by atoms with van der Waals surface area (Å²) >= 11 is 0. The molecule has 21 heavy (non-hydrogen) atoms. The first-order chi connectivity index (χ1) is 10.2. The molecule has 0 aliphatic carbocycles. The molecule has 1 heterocycles. The number of hydrogen-bond donors (Lipinski definition) is 4. The molecule has 6 N–H and O–H groups in total. The highest BCUT2D eigenvalue weighted by atomic mass is 16.3. The molecule has 1 aliphatic rings. The largest absolute Gasteiger partial charge is 0.507 e. The van der Waals surface area contributed by atoms with Crippen LogP contribution in [0, 0.1) is 0 Å². The van der Waals surface area contributed by atoms with Crippen molar-refractivity contribution < 1.29 is 5.11 Å². The van der Waals surface area contributed by atoms with Gasteiger partial charge in [0.2, 0.25) is 0 Å². The summed E-state index contributed by atoms with van der Waals surface area (Å²) in [5.41, 5.74) is 11.8. The Morgan fingerprint density at radius 3 is 2.95 bits per heavy atom. The zero-order valence-corrected chi connectivity index (χ0v) is 11.9. The molecule has 0 radical (unpaired) electrons. The lowest BCUT2D eigenvalue weighted by atomic mass is 10.0. The number of rotatable bonds is 4. The number of benzene rings is 1. The Kier molecular flexibility index (Phi) is 4.73. The summed E-state index contributed by atoms with van der Waals surface area (Å²) in [6.45, 7) is 2.08. The summed E-state index contributed by atoms with van der Waals surface area (Å²) in [5.74, 6) is 5.29. The topological polar surface area (TPSA) is 109 Å². The molecular weight excluding hydrogens is 266 g/mol. The van der Waals surface area contributed by atoms with Crippen molar-refractivity contribution in [3.8, 4) is 5.75 Å². The van der Waals surface area contributed by atoms with Gasteiger partial charge in [0.15, 0.2) is 0 Å². The summed E-state index contributed by atoms with van der Waals surface area (Å²) in [7, 11) is 0. The van der Waals surface area contributed by atoms with E-state index in [1.54, 1.807) is 24.4 Å². The molecule has 0 saturated heterocycles. The van der Waals surface area contributed by atoms with E-state index in [4.69, 9.17) is 11.6 Å². The standard InChI is InChI=1S/C15H19N5O/c1-2-10-5-6-19-20-14(7-10)12-4-3-11(8-15(12)21)13(16)9-18-17/h3-4,6-9,18,21H,2,5,16-17H2,1H3/b13-9-. The molecular formula is C15H19N5O. The first kappa shape index (κ1) is 14.8. The van der Waals surface area contributed by atoms with E-state index in [-0.39, 0.29) is 5.75 Å². The first-order valence-electron chi connectivity index (χ1n) is 6.70. The third-order valence-electron chi connectivity index (χ3n) is 3.24. The number of nitrogens with zero attached hydrogens (tertiary/aromatic N) is 2.